The maximum absolute atomic E-state index is 11.6. The maximum Gasteiger partial charge on any atom is 0.226 e. The van der Waals surface area contributed by atoms with Gasteiger partial charge in [-0.1, -0.05) is 0 Å². The molecule has 0 radical (unpaired) electrons. The summed E-state index contributed by atoms with van der Waals surface area (Å²) in [6.45, 7) is 0.852. The highest BCUT2D eigenvalue weighted by atomic mass is 32.1. The van der Waals surface area contributed by atoms with Crippen molar-refractivity contribution in [1.29, 1.82) is 0 Å². The van der Waals surface area contributed by atoms with Crippen molar-refractivity contribution in [1.82, 2.24) is 0 Å². The van der Waals surface area contributed by atoms with Crippen LogP contribution in [-0.2, 0) is 4.79 Å². The van der Waals surface area contributed by atoms with E-state index >= 15 is 0 Å². The Hall–Kier alpha value is -0.960. The first-order valence-electron chi connectivity index (χ1n) is 4.87. The zero-order chi connectivity index (χ0) is 9.97. The van der Waals surface area contributed by atoms with Gasteiger partial charge in [-0.2, -0.15) is 0 Å². The van der Waals surface area contributed by atoms with Crippen LogP contribution in [0.2, 0.25) is 0 Å². The quantitative estimate of drug-likeness (QED) is 0.701. The van der Waals surface area contributed by atoms with Gasteiger partial charge in [0, 0.05) is 23.5 Å². The first kappa shape index (κ1) is 9.59. The zero-order valence-corrected chi connectivity index (χ0v) is 8.83. The Labute approximate surface area is 89.3 Å². The second-order valence-corrected chi connectivity index (χ2v) is 4.04. The smallest absolute Gasteiger partial charge is 0.226 e. The van der Waals surface area contributed by atoms with Gasteiger partial charge in [-0.3, -0.25) is 4.79 Å². The number of anilines is 1. The van der Waals surface area contributed by atoms with Crippen LogP contribution < -0.4 is 4.90 Å². The molecule has 1 fully saturated rings. The van der Waals surface area contributed by atoms with Crippen LogP contribution in [0.3, 0.4) is 0 Å². The third-order valence-electron chi connectivity index (χ3n) is 2.48. The van der Waals surface area contributed by atoms with Gasteiger partial charge in [0.05, 0.1) is 0 Å². The fraction of sp³-hybridized carbons (Fsp3) is 0.364. The SMILES string of the molecule is O=C1CCCCN1c1ccc(S)cc1. The van der Waals surface area contributed by atoms with Gasteiger partial charge in [0.2, 0.25) is 5.91 Å². The second kappa shape index (κ2) is 4.05. The number of thiol groups is 1. The number of benzene rings is 1. The van der Waals surface area contributed by atoms with Gasteiger partial charge in [0.1, 0.15) is 0 Å². The predicted octanol–water partition coefficient (Wildman–Crippen LogP) is 2.49. The Morgan fingerprint density at radius 1 is 1.14 bits per heavy atom. The van der Waals surface area contributed by atoms with Crippen LogP contribution in [0.5, 0.6) is 0 Å². The predicted molar refractivity (Wildman–Crippen MR) is 59.9 cm³/mol. The average molecular weight is 207 g/mol. The molecule has 0 N–H and O–H groups in total. The fourth-order valence-electron chi connectivity index (χ4n) is 1.71. The highest BCUT2D eigenvalue weighted by Gasteiger charge is 2.18. The summed E-state index contributed by atoms with van der Waals surface area (Å²) in [6, 6.07) is 7.73. The van der Waals surface area contributed by atoms with Crippen LogP contribution in [-0.4, -0.2) is 12.5 Å². The maximum atomic E-state index is 11.6. The lowest BCUT2D eigenvalue weighted by Crippen LogP contribution is -2.35. The molecule has 1 aromatic carbocycles. The van der Waals surface area contributed by atoms with E-state index in [1.165, 1.54) is 0 Å². The summed E-state index contributed by atoms with van der Waals surface area (Å²) >= 11 is 4.21. The van der Waals surface area contributed by atoms with Crippen molar-refractivity contribution < 1.29 is 4.79 Å². The molecule has 74 valence electrons. The molecule has 0 aliphatic carbocycles. The molecule has 1 amide bonds. The molecule has 0 aromatic heterocycles. The summed E-state index contributed by atoms with van der Waals surface area (Å²) in [5, 5.41) is 0. The summed E-state index contributed by atoms with van der Waals surface area (Å²) in [4.78, 5) is 14.4. The summed E-state index contributed by atoms with van der Waals surface area (Å²) in [5.74, 6) is 0.239. The van der Waals surface area contributed by atoms with E-state index in [0.29, 0.717) is 6.42 Å². The lowest BCUT2D eigenvalue weighted by Gasteiger charge is -2.26. The van der Waals surface area contributed by atoms with E-state index in [2.05, 4.69) is 12.6 Å². The van der Waals surface area contributed by atoms with E-state index in [0.717, 1.165) is 30.0 Å². The number of piperidine rings is 1. The molecule has 1 aromatic rings. The molecule has 3 heteroatoms. The van der Waals surface area contributed by atoms with Crippen LogP contribution in [0.4, 0.5) is 5.69 Å². The van der Waals surface area contributed by atoms with Crippen molar-refractivity contribution in [2.75, 3.05) is 11.4 Å². The van der Waals surface area contributed by atoms with E-state index in [1.807, 2.05) is 29.2 Å². The second-order valence-electron chi connectivity index (χ2n) is 3.52. The van der Waals surface area contributed by atoms with Crippen molar-refractivity contribution in [3.63, 3.8) is 0 Å². The molecule has 2 rings (SSSR count). The summed E-state index contributed by atoms with van der Waals surface area (Å²) in [6.07, 6.45) is 2.82. The zero-order valence-electron chi connectivity index (χ0n) is 7.94. The van der Waals surface area contributed by atoms with Crippen molar-refractivity contribution in [2.24, 2.45) is 0 Å². The fourth-order valence-corrected chi connectivity index (χ4v) is 1.86. The van der Waals surface area contributed by atoms with Crippen LogP contribution in [0.25, 0.3) is 0 Å². The minimum absolute atomic E-state index is 0.239. The number of nitrogens with zero attached hydrogens (tertiary/aromatic N) is 1. The Kier molecular flexibility index (Phi) is 2.77. The summed E-state index contributed by atoms with van der Waals surface area (Å²) in [5.41, 5.74) is 0.993. The van der Waals surface area contributed by atoms with Crippen molar-refractivity contribution >= 4 is 24.2 Å². The average Bonchev–Trinajstić information content (AvgIpc) is 2.20. The number of amides is 1. The molecule has 1 aliphatic heterocycles. The van der Waals surface area contributed by atoms with Crippen molar-refractivity contribution in [2.45, 2.75) is 24.2 Å². The van der Waals surface area contributed by atoms with Crippen LogP contribution >= 0.6 is 12.6 Å². The Morgan fingerprint density at radius 3 is 2.50 bits per heavy atom. The molecule has 0 unspecified atom stereocenters. The highest BCUT2D eigenvalue weighted by Crippen LogP contribution is 2.21. The van der Waals surface area contributed by atoms with Crippen molar-refractivity contribution in [3.05, 3.63) is 24.3 Å². The van der Waals surface area contributed by atoms with Crippen LogP contribution in [0.15, 0.2) is 29.2 Å². The minimum atomic E-state index is 0.239. The lowest BCUT2D eigenvalue weighted by molar-refractivity contribution is -0.119. The van der Waals surface area contributed by atoms with Gasteiger partial charge in [0.15, 0.2) is 0 Å². The number of carbonyl (C=O) groups is 1. The normalized spacial score (nSPS) is 17.2. The number of rotatable bonds is 1. The molecule has 0 atom stereocenters. The Balaban J connectivity index is 2.20. The van der Waals surface area contributed by atoms with Gasteiger partial charge >= 0.3 is 0 Å². The van der Waals surface area contributed by atoms with Gasteiger partial charge in [0.25, 0.3) is 0 Å². The van der Waals surface area contributed by atoms with E-state index in [9.17, 15) is 4.79 Å². The highest BCUT2D eigenvalue weighted by molar-refractivity contribution is 7.80. The Morgan fingerprint density at radius 2 is 1.86 bits per heavy atom. The van der Waals surface area contributed by atoms with E-state index in [-0.39, 0.29) is 5.91 Å². The van der Waals surface area contributed by atoms with E-state index in [1.54, 1.807) is 0 Å². The molecule has 0 saturated carbocycles. The first-order valence-corrected chi connectivity index (χ1v) is 5.31. The molecule has 0 spiro atoms. The van der Waals surface area contributed by atoms with Gasteiger partial charge in [-0.15, -0.1) is 12.6 Å². The molecule has 1 aliphatic rings. The first-order chi connectivity index (χ1) is 6.77. The summed E-state index contributed by atoms with van der Waals surface area (Å²) < 4.78 is 0. The minimum Gasteiger partial charge on any atom is -0.312 e. The third kappa shape index (κ3) is 1.93. The van der Waals surface area contributed by atoms with E-state index < -0.39 is 0 Å². The molecule has 14 heavy (non-hydrogen) atoms. The molecular formula is C11H13NOS. The van der Waals surface area contributed by atoms with Gasteiger partial charge in [-0.25, -0.2) is 0 Å². The van der Waals surface area contributed by atoms with E-state index in [4.69, 9.17) is 0 Å². The standard InChI is InChI=1S/C11H13NOS/c13-11-3-1-2-8-12(11)9-4-6-10(14)7-5-9/h4-7,14H,1-3,8H2. The number of carbonyl (C=O) groups excluding carboxylic acids is 1. The monoisotopic (exact) mass is 207 g/mol. The van der Waals surface area contributed by atoms with Gasteiger partial charge < -0.3 is 4.90 Å². The van der Waals surface area contributed by atoms with Crippen molar-refractivity contribution in [3.8, 4) is 0 Å². The van der Waals surface area contributed by atoms with Gasteiger partial charge in [-0.05, 0) is 37.1 Å². The Bertz CT molecular complexity index is 334. The van der Waals surface area contributed by atoms with Crippen LogP contribution in [0.1, 0.15) is 19.3 Å². The molecule has 0 bridgehead atoms. The van der Waals surface area contributed by atoms with Crippen LogP contribution in [0, 0.1) is 0 Å². The number of hydrogen-bond donors (Lipinski definition) is 1. The molecule has 2 nitrogen and oxygen atoms in total. The summed E-state index contributed by atoms with van der Waals surface area (Å²) in [7, 11) is 0. The lowest BCUT2D eigenvalue weighted by atomic mass is 10.1. The molecule has 1 heterocycles. The molecule has 1 saturated heterocycles. The molecular weight excluding hydrogens is 194 g/mol. The number of hydrogen-bond acceptors (Lipinski definition) is 2. The largest absolute Gasteiger partial charge is 0.312 e. The third-order valence-corrected chi connectivity index (χ3v) is 2.78. The topological polar surface area (TPSA) is 20.3 Å².